The van der Waals surface area contributed by atoms with Gasteiger partial charge in [0.2, 0.25) is 0 Å². The molecule has 0 saturated heterocycles. The Hall–Kier alpha value is -0.640. The van der Waals surface area contributed by atoms with Crippen molar-refractivity contribution in [3.63, 3.8) is 0 Å². The fourth-order valence-electron chi connectivity index (χ4n) is 1.16. The summed E-state index contributed by atoms with van der Waals surface area (Å²) in [6, 6.07) is 4.46. The number of hydrogen-bond donors (Lipinski definition) is 2. The Balaban J connectivity index is 2.83. The van der Waals surface area contributed by atoms with Gasteiger partial charge in [-0.05, 0) is 24.6 Å². The van der Waals surface area contributed by atoms with Crippen molar-refractivity contribution < 1.29 is 9.50 Å². The third kappa shape index (κ3) is 2.94. The van der Waals surface area contributed by atoms with Gasteiger partial charge in [0.25, 0.3) is 0 Å². The smallest absolute Gasteiger partial charge is 0.142 e. The van der Waals surface area contributed by atoms with Gasteiger partial charge in [0.05, 0.1) is 10.6 Å². The third-order valence-electron chi connectivity index (χ3n) is 2.01. The number of benzene rings is 1. The van der Waals surface area contributed by atoms with Gasteiger partial charge < -0.3 is 10.8 Å². The predicted molar refractivity (Wildman–Crippen MR) is 54.8 cm³/mol. The van der Waals surface area contributed by atoms with Crippen molar-refractivity contribution >= 4 is 11.6 Å². The minimum absolute atomic E-state index is 0.0844. The van der Waals surface area contributed by atoms with Gasteiger partial charge in [-0.2, -0.15) is 0 Å². The van der Waals surface area contributed by atoms with Crippen LogP contribution < -0.4 is 5.73 Å². The lowest BCUT2D eigenvalue weighted by atomic mass is 9.97. The Morgan fingerprint density at radius 1 is 1.57 bits per heavy atom. The van der Waals surface area contributed by atoms with E-state index < -0.39 is 11.4 Å². The maximum Gasteiger partial charge on any atom is 0.142 e. The Morgan fingerprint density at radius 2 is 2.21 bits per heavy atom. The molecular weight excluding hydrogens is 205 g/mol. The molecule has 0 aliphatic carbocycles. The van der Waals surface area contributed by atoms with Gasteiger partial charge in [-0.25, -0.2) is 4.39 Å². The quantitative estimate of drug-likeness (QED) is 0.810. The van der Waals surface area contributed by atoms with Crippen LogP contribution in [0.2, 0.25) is 5.02 Å². The molecule has 0 spiro atoms. The van der Waals surface area contributed by atoms with Crippen molar-refractivity contribution in [2.24, 2.45) is 5.73 Å². The summed E-state index contributed by atoms with van der Waals surface area (Å²) < 4.78 is 13.0. The predicted octanol–water partition coefficient (Wildman–Crippen LogP) is 1.73. The Kier molecular flexibility index (Phi) is 3.48. The van der Waals surface area contributed by atoms with E-state index in [9.17, 15) is 9.50 Å². The van der Waals surface area contributed by atoms with E-state index in [0.29, 0.717) is 12.0 Å². The van der Waals surface area contributed by atoms with Crippen molar-refractivity contribution in [1.29, 1.82) is 0 Å². The summed E-state index contributed by atoms with van der Waals surface area (Å²) in [6.07, 6.45) is 0.317. The molecule has 1 rings (SSSR count). The molecule has 0 amide bonds. The molecule has 78 valence electrons. The topological polar surface area (TPSA) is 46.2 Å². The second-order valence-electron chi connectivity index (χ2n) is 3.63. The van der Waals surface area contributed by atoms with Crippen molar-refractivity contribution in [2.45, 2.75) is 18.9 Å². The van der Waals surface area contributed by atoms with Crippen LogP contribution in [-0.4, -0.2) is 17.3 Å². The fourth-order valence-corrected chi connectivity index (χ4v) is 1.28. The normalized spacial score (nSPS) is 15.2. The Morgan fingerprint density at radius 3 is 2.71 bits per heavy atom. The highest BCUT2D eigenvalue weighted by atomic mass is 35.5. The fraction of sp³-hybridized carbons (Fsp3) is 0.400. The molecule has 0 heterocycles. The van der Waals surface area contributed by atoms with Crippen molar-refractivity contribution in [2.75, 3.05) is 6.54 Å². The molecule has 1 atom stereocenters. The molecule has 0 bridgehead atoms. The van der Waals surface area contributed by atoms with E-state index in [-0.39, 0.29) is 11.6 Å². The standard InChI is InChI=1S/C10H13ClFNO/c1-10(14,6-13)5-7-2-3-8(11)9(12)4-7/h2-4,14H,5-6,13H2,1H3. The molecule has 14 heavy (non-hydrogen) atoms. The first-order valence-corrected chi connectivity index (χ1v) is 4.69. The van der Waals surface area contributed by atoms with Gasteiger partial charge in [0.1, 0.15) is 5.82 Å². The highest BCUT2D eigenvalue weighted by Crippen LogP contribution is 2.18. The average Bonchev–Trinajstić information content (AvgIpc) is 2.11. The van der Waals surface area contributed by atoms with E-state index in [0.717, 1.165) is 0 Å². The van der Waals surface area contributed by atoms with Gasteiger partial charge in [-0.15, -0.1) is 0 Å². The summed E-state index contributed by atoms with van der Waals surface area (Å²) in [5.41, 5.74) is 5.04. The zero-order chi connectivity index (χ0) is 10.8. The van der Waals surface area contributed by atoms with Crippen LogP contribution in [0.3, 0.4) is 0 Å². The molecule has 1 aromatic carbocycles. The molecule has 0 aliphatic heterocycles. The van der Waals surface area contributed by atoms with E-state index in [4.69, 9.17) is 17.3 Å². The van der Waals surface area contributed by atoms with Gasteiger partial charge >= 0.3 is 0 Å². The van der Waals surface area contributed by atoms with Crippen LogP contribution in [0.4, 0.5) is 4.39 Å². The number of hydrogen-bond acceptors (Lipinski definition) is 2. The zero-order valence-corrected chi connectivity index (χ0v) is 8.68. The maximum absolute atomic E-state index is 13.0. The van der Waals surface area contributed by atoms with E-state index in [1.807, 2.05) is 0 Å². The molecule has 0 fully saturated rings. The Bertz CT molecular complexity index is 328. The largest absolute Gasteiger partial charge is 0.389 e. The van der Waals surface area contributed by atoms with E-state index >= 15 is 0 Å². The summed E-state index contributed by atoms with van der Waals surface area (Å²) in [5.74, 6) is -0.475. The molecule has 0 aromatic heterocycles. The van der Waals surface area contributed by atoms with Gasteiger partial charge in [-0.1, -0.05) is 17.7 Å². The van der Waals surface area contributed by atoms with Crippen LogP contribution in [0.15, 0.2) is 18.2 Å². The summed E-state index contributed by atoms with van der Waals surface area (Å²) in [4.78, 5) is 0. The second-order valence-corrected chi connectivity index (χ2v) is 4.03. The summed E-state index contributed by atoms with van der Waals surface area (Å²) in [7, 11) is 0. The lowest BCUT2D eigenvalue weighted by Gasteiger charge is -2.20. The molecule has 4 heteroatoms. The molecule has 3 N–H and O–H groups in total. The van der Waals surface area contributed by atoms with Crippen LogP contribution in [0.25, 0.3) is 0 Å². The van der Waals surface area contributed by atoms with Crippen molar-refractivity contribution in [3.8, 4) is 0 Å². The summed E-state index contributed by atoms with van der Waals surface area (Å²) >= 11 is 5.52. The molecular formula is C10H13ClFNO. The first-order chi connectivity index (χ1) is 6.44. The van der Waals surface area contributed by atoms with Crippen LogP contribution >= 0.6 is 11.6 Å². The van der Waals surface area contributed by atoms with E-state index in [1.165, 1.54) is 12.1 Å². The number of rotatable bonds is 3. The molecule has 1 unspecified atom stereocenters. The van der Waals surface area contributed by atoms with Crippen LogP contribution in [0, 0.1) is 5.82 Å². The lowest BCUT2D eigenvalue weighted by Crippen LogP contribution is -2.36. The average molecular weight is 218 g/mol. The summed E-state index contributed by atoms with van der Waals surface area (Å²) in [6.45, 7) is 1.75. The zero-order valence-electron chi connectivity index (χ0n) is 7.93. The third-order valence-corrected chi connectivity index (χ3v) is 2.32. The molecule has 1 aromatic rings. The highest BCUT2D eigenvalue weighted by Gasteiger charge is 2.18. The van der Waals surface area contributed by atoms with E-state index in [1.54, 1.807) is 13.0 Å². The van der Waals surface area contributed by atoms with Gasteiger partial charge in [0, 0.05) is 13.0 Å². The maximum atomic E-state index is 13.0. The number of nitrogens with two attached hydrogens (primary N) is 1. The Labute approximate surface area is 87.5 Å². The number of aliphatic hydroxyl groups is 1. The van der Waals surface area contributed by atoms with Gasteiger partial charge in [-0.3, -0.25) is 0 Å². The SMILES string of the molecule is CC(O)(CN)Cc1ccc(Cl)c(F)c1. The van der Waals surface area contributed by atoms with Crippen molar-refractivity contribution in [3.05, 3.63) is 34.6 Å². The number of halogens is 2. The minimum atomic E-state index is -1.000. The van der Waals surface area contributed by atoms with Crippen LogP contribution in [0.1, 0.15) is 12.5 Å². The molecule has 2 nitrogen and oxygen atoms in total. The molecule has 0 radical (unpaired) electrons. The van der Waals surface area contributed by atoms with Crippen LogP contribution in [0.5, 0.6) is 0 Å². The van der Waals surface area contributed by atoms with E-state index in [2.05, 4.69) is 0 Å². The minimum Gasteiger partial charge on any atom is -0.389 e. The summed E-state index contributed by atoms with van der Waals surface area (Å²) in [5, 5.41) is 9.74. The first kappa shape index (κ1) is 11.4. The van der Waals surface area contributed by atoms with Gasteiger partial charge in [0.15, 0.2) is 0 Å². The second kappa shape index (κ2) is 4.26. The van der Waals surface area contributed by atoms with Crippen LogP contribution in [-0.2, 0) is 6.42 Å². The molecule has 0 saturated carbocycles. The monoisotopic (exact) mass is 217 g/mol. The first-order valence-electron chi connectivity index (χ1n) is 4.31. The highest BCUT2D eigenvalue weighted by molar-refractivity contribution is 6.30. The van der Waals surface area contributed by atoms with Crippen molar-refractivity contribution in [1.82, 2.24) is 0 Å². The lowest BCUT2D eigenvalue weighted by molar-refractivity contribution is 0.0696. The molecule has 0 aliphatic rings.